The summed E-state index contributed by atoms with van der Waals surface area (Å²) in [7, 11) is 0. The molecule has 3 heterocycles. The Balaban J connectivity index is 0.000000531. The maximum Gasteiger partial charge on any atom is 0.158 e. The lowest BCUT2D eigenvalue weighted by Crippen LogP contribution is -2.46. The molecule has 0 fully saturated rings. The van der Waals surface area contributed by atoms with Crippen LogP contribution in [0.15, 0.2) is 72.9 Å². The van der Waals surface area contributed by atoms with Crippen LogP contribution in [0, 0.1) is 0 Å². The van der Waals surface area contributed by atoms with E-state index in [4.69, 9.17) is 4.98 Å². The summed E-state index contributed by atoms with van der Waals surface area (Å²) in [5.74, 6) is 1.05. The monoisotopic (exact) mass is 373 g/mol. The van der Waals surface area contributed by atoms with Crippen LogP contribution in [0.5, 0.6) is 0 Å². The summed E-state index contributed by atoms with van der Waals surface area (Å²) >= 11 is 0. The van der Waals surface area contributed by atoms with Crippen molar-refractivity contribution in [1.29, 1.82) is 0 Å². The molecule has 0 bridgehead atoms. The van der Waals surface area contributed by atoms with Crippen LogP contribution in [0.3, 0.4) is 0 Å². The fourth-order valence-corrected chi connectivity index (χ4v) is 4.25. The fourth-order valence-electron chi connectivity index (χ4n) is 4.25. The first-order valence-corrected chi connectivity index (χ1v) is 10.4. The van der Waals surface area contributed by atoms with E-state index in [1.807, 2.05) is 40.0 Å². The van der Waals surface area contributed by atoms with Crippen LogP contribution in [0.2, 0.25) is 0 Å². The molecule has 0 aliphatic carbocycles. The van der Waals surface area contributed by atoms with E-state index < -0.39 is 0 Å². The lowest BCUT2D eigenvalue weighted by molar-refractivity contribution is 0.450. The highest BCUT2D eigenvalue weighted by Gasteiger charge is 2.53. The molecular formula is C25H31N3. The standard InChI is InChI=1S/C21H19N3.2C2H6/c1-21(2)16-11-6-7-12-17(16)24-19-18(13-8-14-22-19)23(20(21)24)15-9-4-3-5-10-15;2*1-2/h3-14,20H,1-2H3;2*1-2H3. The van der Waals surface area contributed by atoms with Gasteiger partial charge in [-0.15, -0.1) is 0 Å². The van der Waals surface area contributed by atoms with Gasteiger partial charge in [0.25, 0.3) is 0 Å². The van der Waals surface area contributed by atoms with Crippen molar-refractivity contribution in [1.82, 2.24) is 4.98 Å². The molecule has 28 heavy (non-hydrogen) atoms. The van der Waals surface area contributed by atoms with Gasteiger partial charge in [0.15, 0.2) is 5.82 Å². The Morgan fingerprint density at radius 2 is 1.32 bits per heavy atom. The van der Waals surface area contributed by atoms with Crippen molar-refractivity contribution in [2.75, 3.05) is 9.80 Å². The smallest absolute Gasteiger partial charge is 0.158 e. The van der Waals surface area contributed by atoms with Gasteiger partial charge in [-0.1, -0.05) is 77.9 Å². The SMILES string of the molecule is CC.CC.CC1(C)c2ccccc2N2c3ncccc3N(c3ccccc3)C21. The Hall–Kier alpha value is -2.81. The second-order valence-corrected chi connectivity index (χ2v) is 7.03. The Bertz CT molecular complexity index is 903. The summed E-state index contributed by atoms with van der Waals surface area (Å²) in [5, 5.41) is 0. The summed E-state index contributed by atoms with van der Waals surface area (Å²) in [6.07, 6.45) is 2.08. The van der Waals surface area contributed by atoms with Crippen LogP contribution in [-0.4, -0.2) is 11.1 Å². The van der Waals surface area contributed by atoms with E-state index in [0.29, 0.717) is 0 Å². The van der Waals surface area contributed by atoms with Crippen LogP contribution in [0.1, 0.15) is 47.1 Å². The third kappa shape index (κ3) is 2.86. The Kier molecular flexibility index (Phi) is 5.73. The average molecular weight is 374 g/mol. The van der Waals surface area contributed by atoms with Gasteiger partial charge in [-0.2, -0.15) is 0 Å². The van der Waals surface area contributed by atoms with Gasteiger partial charge in [-0.25, -0.2) is 4.98 Å². The number of benzene rings is 2. The molecule has 1 unspecified atom stereocenters. The predicted molar refractivity (Wildman–Crippen MR) is 121 cm³/mol. The van der Waals surface area contributed by atoms with Gasteiger partial charge in [0.05, 0.1) is 5.69 Å². The van der Waals surface area contributed by atoms with Gasteiger partial charge < -0.3 is 9.80 Å². The molecule has 0 spiro atoms. The first-order valence-electron chi connectivity index (χ1n) is 10.4. The van der Waals surface area contributed by atoms with Crippen LogP contribution in [0.25, 0.3) is 0 Å². The highest BCUT2D eigenvalue weighted by Crippen LogP contribution is 2.57. The molecule has 146 valence electrons. The van der Waals surface area contributed by atoms with Crippen LogP contribution in [-0.2, 0) is 5.41 Å². The van der Waals surface area contributed by atoms with Crippen molar-refractivity contribution in [2.24, 2.45) is 0 Å². The maximum atomic E-state index is 4.73. The van der Waals surface area contributed by atoms with Gasteiger partial charge in [0.2, 0.25) is 0 Å². The lowest BCUT2D eigenvalue weighted by atomic mass is 9.83. The molecular weight excluding hydrogens is 342 g/mol. The Morgan fingerprint density at radius 3 is 2.04 bits per heavy atom. The summed E-state index contributed by atoms with van der Waals surface area (Å²) in [6.45, 7) is 12.7. The molecule has 0 saturated heterocycles. The second-order valence-electron chi connectivity index (χ2n) is 7.03. The van der Waals surface area contributed by atoms with Crippen molar-refractivity contribution in [3.05, 3.63) is 78.5 Å². The normalized spacial score (nSPS) is 17.4. The van der Waals surface area contributed by atoms with Gasteiger partial charge in [0, 0.05) is 23.0 Å². The van der Waals surface area contributed by atoms with Crippen LogP contribution >= 0.6 is 0 Å². The summed E-state index contributed by atoms with van der Waals surface area (Å²) < 4.78 is 0. The second kappa shape index (κ2) is 8.05. The van der Waals surface area contributed by atoms with Crippen LogP contribution in [0.4, 0.5) is 22.9 Å². The van der Waals surface area contributed by atoms with E-state index in [2.05, 4.69) is 84.3 Å². The van der Waals surface area contributed by atoms with Crippen molar-refractivity contribution in [2.45, 2.75) is 53.1 Å². The molecule has 3 aromatic rings. The molecule has 1 atom stereocenters. The summed E-state index contributed by atoms with van der Waals surface area (Å²) in [4.78, 5) is 9.56. The Labute approximate surface area is 169 Å². The first-order chi connectivity index (χ1) is 13.7. The van der Waals surface area contributed by atoms with Gasteiger partial charge >= 0.3 is 0 Å². The largest absolute Gasteiger partial charge is 0.316 e. The van der Waals surface area contributed by atoms with E-state index >= 15 is 0 Å². The number of aromatic nitrogens is 1. The number of pyridine rings is 1. The minimum Gasteiger partial charge on any atom is -0.316 e. The average Bonchev–Trinajstić information content (AvgIpc) is 3.23. The van der Waals surface area contributed by atoms with Gasteiger partial charge in [-0.3, -0.25) is 0 Å². The quantitative estimate of drug-likeness (QED) is 0.456. The molecule has 1 aromatic heterocycles. The molecule has 0 amide bonds. The topological polar surface area (TPSA) is 19.4 Å². The molecule has 0 radical (unpaired) electrons. The third-order valence-electron chi connectivity index (χ3n) is 5.28. The number of nitrogens with zero attached hydrogens (tertiary/aromatic N) is 3. The minimum absolute atomic E-state index is 0.00681. The van der Waals surface area contributed by atoms with Crippen LogP contribution < -0.4 is 9.80 Å². The summed E-state index contributed by atoms with van der Waals surface area (Å²) in [5.41, 5.74) is 5.03. The molecule has 0 N–H and O–H groups in total. The van der Waals surface area contributed by atoms with E-state index in [9.17, 15) is 0 Å². The highest BCUT2D eigenvalue weighted by atomic mass is 15.5. The molecule has 2 aliphatic rings. The van der Waals surface area contributed by atoms with Crippen molar-refractivity contribution >= 4 is 22.9 Å². The molecule has 0 saturated carbocycles. The molecule has 5 rings (SSSR count). The number of hydrogen-bond acceptors (Lipinski definition) is 3. The molecule has 3 heteroatoms. The highest BCUT2D eigenvalue weighted by molar-refractivity contribution is 5.90. The molecule has 2 aromatic carbocycles. The van der Waals surface area contributed by atoms with Gasteiger partial charge in [-0.05, 0) is 35.9 Å². The van der Waals surface area contributed by atoms with E-state index in [0.717, 1.165) is 5.82 Å². The van der Waals surface area contributed by atoms with Crippen molar-refractivity contribution < 1.29 is 0 Å². The fraction of sp³-hybridized carbons (Fsp3) is 0.320. The number of para-hydroxylation sites is 2. The van der Waals surface area contributed by atoms with E-state index in [1.54, 1.807) is 0 Å². The number of rotatable bonds is 1. The lowest BCUT2D eigenvalue weighted by Gasteiger charge is -2.36. The maximum absolute atomic E-state index is 4.73. The van der Waals surface area contributed by atoms with E-state index in [1.165, 1.54) is 22.6 Å². The summed E-state index contributed by atoms with van der Waals surface area (Å²) in [6, 6.07) is 23.5. The third-order valence-corrected chi connectivity index (χ3v) is 5.28. The zero-order valence-electron chi connectivity index (χ0n) is 17.8. The molecule has 2 aliphatic heterocycles. The van der Waals surface area contributed by atoms with Crippen molar-refractivity contribution in [3.8, 4) is 0 Å². The van der Waals surface area contributed by atoms with Crippen molar-refractivity contribution in [3.63, 3.8) is 0 Å². The minimum atomic E-state index is -0.00681. The number of hydrogen-bond donors (Lipinski definition) is 0. The zero-order valence-corrected chi connectivity index (χ0v) is 17.8. The molecule has 3 nitrogen and oxygen atoms in total. The zero-order chi connectivity index (χ0) is 20.3. The number of fused-ring (bicyclic) bond motifs is 5. The predicted octanol–water partition coefficient (Wildman–Crippen LogP) is 7.04. The number of anilines is 4. The Morgan fingerprint density at radius 1 is 0.714 bits per heavy atom. The van der Waals surface area contributed by atoms with Gasteiger partial charge in [0.1, 0.15) is 6.17 Å². The first kappa shape index (κ1) is 19.9. The van der Waals surface area contributed by atoms with E-state index in [-0.39, 0.29) is 11.6 Å².